The summed E-state index contributed by atoms with van der Waals surface area (Å²) in [5, 5.41) is 22.7. The first-order valence-electron chi connectivity index (χ1n) is 11.1. The maximum Gasteiger partial charge on any atom is 0.127 e. The number of hydrogen-bond donors (Lipinski definition) is 2. The molecule has 2 N–H and O–H groups in total. The SMILES string of the molecule is C=C(c1ccc(-c2ccc(-n3ccnc3)cc2O)nn1)[C@H]1C[C@]2(C)CC(C)C[C@@H](N2)[C@@H]1F. The third-order valence-electron chi connectivity index (χ3n) is 6.93. The molecule has 7 heteroatoms. The highest BCUT2D eigenvalue weighted by atomic mass is 19.1. The van der Waals surface area contributed by atoms with Gasteiger partial charge in [0.05, 0.1) is 23.4 Å². The van der Waals surface area contributed by atoms with E-state index in [0.717, 1.165) is 18.5 Å². The number of rotatable bonds is 4. The van der Waals surface area contributed by atoms with Gasteiger partial charge in [0.15, 0.2) is 0 Å². The lowest BCUT2D eigenvalue weighted by molar-refractivity contribution is 0.0313. The number of fused-ring (bicyclic) bond motifs is 2. The molecule has 3 aromatic rings. The Morgan fingerprint density at radius 3 is 2.78 bits per heavy atom. The fourth-order valence-corrected chi connectivity index (χ4v) is 5.54. The molecule has 5 rings (SSSR count). The van der Waals surface area contributed by atoms with Crippen LogP contribution in [0.15, 0.2) is 55.6 Å². The van der Waals surface area contributed by atoms with Gasteiger partial charge < -0.3 is 15.0 Å². The van der Waals surface area contributed by atoms with E-state index in [2.05, 4.69) is 40.9 Å². The lowest BCUT2D eigenvalue weighted by atomic mass is 9.66. The molecule has 2 bridgehead atoms. The first-order chi connectivity index (χ1) is 15.3. The molecule has 0 aliphatic carbocycles. The van der Waals surface area contributed by atoms with Crippen molar-refractivity contribution < 1.29 is 9.50 Å². The van der Waals surface area contributed by atoms with Crippen LogP contribution in [0, 0.1) is 11.8 Å². The lowest BCUT2D eigenvalue weighted by Gasteiger charge is -2.51. The molecule has 2 aromatic heterocycles. The van der Waals surface area contributed by atoms with E-state index in [1.165, 1.54) is 0 Å². The normalized spacial score (nSPS) is 29.6. The van der Waals surface area contributed by atoms with Crippen LogP contribution < -0.4 is 5.32 Å². The Kier molecular flexibility index (Phi) is 5.08. The first-order valence-corrected chi connectivity index (χ1v) is 11.1. The fourth-order valence-electron chi connectivity index (χ4n) is 5.54. The molecule has 6 nitrogen and oxygen atoms in total. The second-order valence-corrected chi connectivity index (χ2v) is 9.61. The van der Waals surface area contributed by atoms with Gasteiger partial charge >= 0.3 is 0 Å². The zero-order chi connectivity index (χ0) is 22.5. The summed E-state index contributed by atoms with van der Waals surface area (Å²) in [6, 6.07) is 8.83. The Labute approximate surface area is 187 Å². The van der Waals surface area contributed by atoms with Crippen molar-refractivity contribution in [2.24, 2.45) is 11.8 Å². The Morgan fingerprint density at radius 2 is 2.09 bits per heavy atom. The molecule has 2 fully saturated rings. The van der Waals surface area contributed by atoms with Crippen molar-refractivity contribution in [3.05, 3.63) is 61.3 Å². The van der Waals surface area contributed by atoms with Gasteiger partial charge in [-0.05, 0) is 61.9 Å². The van der Waals surface area contributed by atoms with Crippen LogP contribution in [-0.2, 0) is 0 Å². The number of aromatic hydroxyl groups is 1. The molecular weight excluding hydrogens is 405 g/mol. The third kappa shape index (κ3) is 3.71. The van der Waals surface area contributed by atoms with Crippen LogP contribution in [0.4, 0.5) is 4.39 Å². The summed E-state index contributed by atoms with van der Waals surface area (Å²) in [6.07, 6.45) is 6.76. The van der Waals surface area contributed by atoms with E-state index in [4.69, 9.17) is 0 Å². The van der Waals surface area contributed by atoms with E-state index >= 15 is 4.39 Å². The Hall–Kier alpha value is -3.06. The molecule has 5 atom stereocenters. The van der Waals surface area contributed by atoms with Gasteiger partial charge in [0.2, 0.25) is 0 Å². The highest BCUT2D eigenvalue weighted by Crippen LogP contribution is 2.44. The fraction of sp³-hybridized carbons (Fsp3) is 0.400. The minimum atomic E-state index is -0.987. The van der Waals surface area contributed by atoms with Gasteiger partial charge in [-0.25, -0.2) is 9.37 Å². The number of benzene rings is 1. The molecule has 1 unspecified atom stereocenters. The van der Waals surface area contributed by atoms with Crippen molar-refractivity contribution in [1.82, 2.24) is 25.1 Å². The minimum absolute atomic E-state index is 0.0747. The van der Waals surface area contributed by atoms with E-state index in [-0.39, 0.29) is 23.2 Å². The number of hydrogen-bond acceptors (Lipinski definition) is 5. The van der Waals surface area contributed by atoms with Crippen LogP contribution in [0.1, 0.15) is 38.8 Å². The summed E-state index contributed by atoms with van der Waals surface area (Å²) >= 11 is 0. The van der Waals surface area contributed by atoms with E-state index < -0.39 is 6.17 Å². The van der Waals surface area contributed by atoms with Crippen molar-refractivity contribution >= 4 is 5.57 Å². The van der Waals surface area contributed by atoms with E-state index in [1.54, 1.807) is 30.7 Å². The van der Waals surface area contributed by atoms with Crippen molar-refractivity contribution in [3.8, 4) is 22.7 Å². The van der Waals surface area contributed by atoms with Gasteiger partial charge in [-0.15, -0.1) is 5.10 Å². The predicted molar refractivity (Wildman–Crippen MR) is 122 cm³/mol. The molecule has 0 saturated carbocycles. The Bertz CT molecular complexity index is 1130. The average Bonchev–Trinajstić information content (AvgIpc) is 3.30. The minimum Gasteiger partial charge on any atom is -0.507 e. The van der Waals surface area contributed by atoms with Crippen LogP contribution in [0.2, 0.25) is 0 Å². The number of phenols is 1. The number of allylic oxidation sites excluding steroid dienone is 1. The van der Waals surface area contributed by atoms with Crippen molar-refractivity contribution in [2.75, 3.05) is 0 Å². The summed E-state index contributed by atoms with van der Waals surface area (Å²) in [6.45, 7) is 8.60. The summed E-state index contributed by atoms with van der Waals surface area (Å²) in [7, 11) is 0. The number of nitrogens with one attached hydrogen (secondary N) is 1. The second kappa shape index (κ2) is 7.81. The molecule has 166 valence electrons. The third-order valence-corrected chi connectivity index (χ3v) is 6.93. The van der Waals surface area contributed by atoms with Crippen LogP contribution in [-0.4, -0.2) is 42.6 Å². The van der Waals surface area contributed by atoms with Gasteiger partial charge in [0.25, 0.3) is 0 Å². The molecule has 32 heavy (non-hydrogen) atoms. The molecule has 2 aliphatic rings. The number of halogens is 1. The number of imidazole rings is 1. The van der Waals surface area contributed by atoms with Gasteiger partial charge in [-0.2, -0.15) is 5.10 Å². The number of piperidine rings is 2. The topological polar surface area (TPSA) is 75.9 Å². The quantitative estimate of drug-likeness (QED) is 0.631. The summed E-state index contributed by atoms with van der Waals surface area (Å²) in [5.41, 5.74) is 3.16. The van der Waals surface area contributed by atoms with Gasteiger partial charge in [-0.1, -0.05) is 13.5 Å². The maximum atomic E-state index is 15.3. The monoisotopic (exact) mass is 433 g/mol. The largest absolute Gasteiger partial charge is 0.507 e. The number of alkyl halides is 1. The Morgan fingerprint density at radius 1 is 1.25 bits per heavy atom. The molecule has 2 aliphatic heterocycles. The lowest BCUT2D eigenvalue weighted by Crippen LogP contribution is -2.63. The van der Waals surface area contributed by atoms with Crippen LogP contribution in [0.25, 0.3) is 22.5 Å². The molecule has 2 saturated heterocycles. The van der Waals surface area contributed by atoms with Gasteiger partial charge in [0, 0.05) is 41.5 Å². The standard InChI is InChI=1S/C25H28FN5O/c1-15-10-22-24(26)19(13-25(3,12-15)28-22)16(2)20-6-7-21(30-29-20)18-5-4-17(11-23(18)32)31-9-8-27-14-31/h4-9,11,14-15,19,22,24,28,32H,2,10,12-13H2,1,3H3/t15?,19-,22-,24-,25+/m1/s1. The van der Waals surface area contributed by atoms with Crippen molar-refractivity contribution in [3.63, 3.8) is 0 Å². The average molecular weight is 434 g/mol. The molecule has 0 spiro atoms. The van der Waals surface area contributed by atoms with Crippen molar-refractivity contribution in [2.45, 2.75) is 50.9 Å². The second-order valence-electron chi connectivity index (χ2n) is 9.61. The Balaban J connectivity index is 1.36. The highest BCUT2D eigenvalue weighted by molar-refractivity contribution is 5.70. The van der Waals surface area contributed by atoms with E-state index in [1.807, 2.05) is 22.9 Å². The number of phenolic OH excluding ortho intramolecular Hbond substituents is 1. The van der Waals surface area contributed by atoms with Crippen molar-refractivity contribution in [1.29, 1.82) is 0 Å². The van der Waals surface area contributed by atoms with Crippen LogP contribution in [0.3, 0.4) is 0 Å². The van der Waals surface area contributed by atoms with Crippen LogP contribution >= 0.6 is 0 Å². The number of aromatic nitrogens is 4. The predicted octanol–water partition coefficient (Wildman–Crippen LogP) is 4.55. The zero-order valence-corrected chi connectivity index (χ0v) is 18.4. The summed E-state index contributed by atoms with van der Waals surface area (Å²) in [4.78, 5) is 4.03. The maximum absolute atomic E-state index is 15.3. The van der Waals surface area contributed by atoms with Gasteiger partial charge in [-0.3, -0.25) is 0 Å². The smallest absolute Gasteiger partial charge is 0.127 e. The first kappa shape index (κ1) is 20.8. The number of nitrogens with zero attached hydrogens (tertiary/aromatic N) is 4. The van der Waals surface area contributed by atoms with E-state index in [0.29, 0.717) is 34.9 Å². The highest BCUT2D eigenvalue weighted by Gasteiger charge is 2.48. The van der Waals surface area contributed by atoms with Crippen LogP contribution in [0.5, 0.6) is 5.75 Å². The molecule has 1 aromatic carbocycles. The molecule has 0 amide bonds. The van der Waals surface area contributed by atoms with E-state index in [9.17, 15) is 5.11 Å². The zero-order valence-electron chi connectivity index (χ0n) is 18.4. The van der Waals surface area contributed by atoms with Gasteiger partial charge in [0.1, 0.15) is 11.9 Å². The molecule has 4 heterocycles. The summed E-state index contributed by atoms with van der Waals surface area (Å²) < 4.78 is 17.2. The summed E-state index contributed by atoms with van der Waals surface area (Å²) in [5.74, 6) is 0.349. The molecular formula is C25H28FN5O. The molecule has 0 radical (unpaired) electrons.